The van der Waals surface area contributed by atoms with Gasteiger partial charge in [-0.1, -0.05) is 13.3 Å². The van der Waals surface area contributed by atoms with E-state index in [-0.39, 0.29) is 5.41 Å². The summed E-state index contributed by atoms with van der Waals surface area (Å²) in [6.07, 6.45) is 8.22. The first-order valence-electron chi connectivity index (χ1n) is 9.97. The Labute approximate surface area is 150 Å². The van der Waals surface area contributed by atoms with E-state index >= 15 is 0 Å². The Morgan fingerprint density at radius 3 is 2.60 bits per heavy atom. The van der Waals surface area contributed by atoms with Crippen molar-refractivity contribution in [3.63, 3.8) is 0 Å². The van der Waals surface area contributed by atoms with E-state index in [0.717, 1.165) is 57.0 Å². The van der Waals surface area contributed by atoms with Crippen LogP contribution >= 0.6 is 0 Å². The van der Waals surface area contributed by atoms with E-state index in [9.17, 15) is 4.79 Å². The number of piperidine rings is 2. The molecule has 3 aliphatic rings. The predicted octanol–water partition coefficient (Wildman–Crippen LogP) is 2.31. The van der Waals surface area contributed by atoms with Gasteiger partial charge in [0.05, 0.1) is 6.54 Å². The minimum Gasteiger partial charge on any atom is -0.341 e. The van der Waals surface area contributed by atoms with Crippen molar-refractivity contribution in [2.75, 3.05) is 26.2 Å². The zero-order valence-corrected chi connectivity index (χ0v) is 15.7. The summed E-state index contributed by atoms with van der Waals surface area (Å²) in [5, 5.41) is 9.01. The van der Waals surface area contributed by atoms with Crippen molar-refractivity contribution in [1.82, 2.24) is 24.6 Å². The number of carbonyl (C=O) groups is 1. The fourth-order valence-electron chi connectivity index (χ4n) is 4.34. The van der Waals surface area contributed by atoms with Crippen LogP contribution in [0.25, 0.3) is 0 Å². The molecule has 0 aromatic carbocycles. The highest BCUT2D eigenvalue weighted by molar-refractivity contribution is 5.85. The second-order valence-electron chi connectivity index (χ2n) is 8.52. The summed E-state index contributed by atoms with van der Waals surface area (Å²) in [6, 6.07) is 0. The van der Waals surface area contributed by atoms with Gasteiger partial charge in [-0.2, -0.15) is 0 Å². The number of aromatic nitrogens is 3. The number of carbonyl (C=O) groups excluding carboxylic acids is 1. The van der Waals surface area contributed by atoms with Crippen LogP contribution in [-0.4, -0.2) is 56.7 Å². The molecular weight excluding hydrogens is 314 g/mol. The molecule has 0 spiro atoms. The zero-order valence-electron chi connectivity index (χ0n) is 15.7. The van der Waals surface area contributed by atoms with E-state index in [2.05, 4.69) is 38.5 Å². The summed E-state index contributed by atoms with van der Waals surface area (Å²) in [5.74, 6) is 2.81. The van der Waals surface area contributed by atoms with Gasteiger partial charge in [-0.25, -0.2) is 0 Å². The largest absolute Gasteiger partial charge is 0.341 e. The van der Waals surface area contributed by atoms with Crippen molar-refractivity contribution in [1.29, 1.82) is 0 Å². The van der Waals surface area contributed by atoms with Gasteiger partial charge < -0.3 is 9.47 Å². The molecule has 4 rings (SSSR count). The van der Waals surface area contributed by atoms with Crippen LogP contribution in [0.5, 0.6) is 0 Å². The molecule has 138 valence electrons. The number of amides is 1. The number of rotatable bonds is 4. The van der Waals surface area contributed by atoms with Gasteiger partial charge in [-0.15, -0.1) is 10.2 Å². The van der Waals surface area contributed by atoms with Crippen molar-refractivity contribution in [2.45, 2.75) is 64.3 Å². The molecule has 1 saturated carbocycles. The molecular formula is C19H31N5O. The first-order chi connectivity index (χ1) is 12.1. The number of hydrogen-bond donors (Lipinski definition) is 0. The van der Waals surface area contributed by atoms with Crippen molar-refractivity contribution in [3.8, 4) is 0 Å². The first kappa shape index (κ1) is 17.0. The van der Waals surface area contributed by atoms with Crippen molar-refractivity contribution in [2.24, 2.45) is 12.5 Å². The molecule has 0 radical (unpaired) electrons. The predicted molar refractivity (Wildman–Crippen MR) is 96.0 cm³/mol. The number of hydrogen-bond acceptors (Lipinski definition) is 4. The van der Waals surface area contributed by atoms with Gasteiger partial charge in [0.1, 0.15) is 11.6 Å². The quantitative estimate of drug-likeness (QED) is 0.840. The molecule has 2 saturated heterocycles. The van der Waals surface area contributed by atoms with Crippen molar-refractivity contribution < 1.29 is 4.79 Å². The van der Waals surface area contributed by atoms with Crippen LogP contribution in [0.15, 0.2) is 0 Å². The van der Waals surface area contributed by atoms with Gasteiger partial charge >= 0.3 is 0 Å². The number of likely N-dealkylation sites (tertiary alicyclic amines) is 2. The lowest BCUT2D eigenvalue weighted by molar-refractivity contribution is -0.137. The topological polar surface area (TPSA) is 54.3 Å². The summed E-state index contributed by atoms with van der Waals surface area (Å²) in [6.45, 7) is 7.07. The lowest BCUT2D eigenvalue weighted by Gasteiger charge is -2.34. The Morgan fingerprint density at radius 2 is 1.88 bits per heavy atom. The third-order valence-electron chi connectivity index (χ3n) is 6.40. The summed E-state index contributed by atoms with van der Waals surface area (Å²) in [5.41, 5.74) is -0.0683. The van der Waals surface area contributed by atoms with Gasteiger partial charge in [0, 0.05) is 31.5 Å². The van der Waals surface area contributed by atoms with E-state index in [1.165, 1.54) is 32.4 Å². The maximum atomic E-state index is 12.7. The summed E-state index contributed by atoms with van der Waals surface area (Å²) in [4.78, 5) is 17.3. The van der Waals surface area contributed by atoms with Crippen LogP contribution in [0.4, 0.5) is 0 Å². The molecule has 1 unspecified atom stereocenters. The SMILES string of the molecule is Cn1c(CN2CCCCC2)nnc1C1CCCN(C(=O)C2(C)CC2)C1. The maximum Gasteiger partial charge on any atom is 0.228 e. The van der Waals surface area contributed by atoms with E-state index in [1.54, 1.807) is 0 Å². The van der Waals surface area contributed by atoms with Crippen LogP contribution in [0.2, 0.25) is 0 Å². The van der Waals surface area contributed by atoms with Gasteiger partial charge in [0.25, 0.3) is 0 Å². The molecule has 2 aliphatic heterocycles. The third-order valence-corrected chi connectivity index (χ3v) is 6.40. The summed E-state index contributed by atoms with van der Waals surface area (Å²) >= 11 is 0. The molecule has 3 fully saturated rings. The first-order valence-corrected chi connectivity index (χ1v) is 9.97. The molecule has 0 N–H and O–H groups in total. The monoisotopic (exact) mass is 345 g/mol. The molecule has 1 amide bonds. The van der Waals surface area contributed by atoms with E-state index < -0.39 is 0 Å². The Bertz CT molecular complexity index is 630. The van der Waals surface area contributed by atoms with Gasteiger partial charge in [0.15, 0.2) is 0 Å². The number of nitrogens with zero attached hydrogens (tertiary/aromatic N) is 5. The van der Waals surface area contributed by atoms with Crippen LogP contribution in [-0.2, 0) is 18.4 Å². The summed E-state index contributed by atoms with van der Waals surface area (Å²) < 4.78 is 2.19. The van der Waals surface area contributed by atoms with Crippen LogP contribution in [0.1, 0.15) is 69.4 Å². The van der Waals surface area contributed by atoms with Gasteiger partial charge in [0.2, 0.25) is 5.91 Å². The standard InChI is InChI=1S/C19H31N5O/c1-19(8-9-19)18(25)24-12-6-7-15(13-24)17-21-20-16(22(17)2)14-23-10-4-3-5-11-23/h15H,3-14H2,1-2H3. The van der Waals surface area contributed by atoms with Gasteiger partial charge in [-0.05, 0) is 51.6 Å². The highest BCUT2D eigenvalue weighted by Gasteiger charge is 2.47. The highest BCUT2D eigenvalue weighted by Crippen LogP contribution is 2.47. The van der Waals surface area contributed by atoms with E-state index in [0.29, 0.717) is 11.8 Å². The molecule has 25 heavy (non-hydrogen) atoms. The minimum atomic E-state index is -0.0683. The Hall–Kier alpha value is -1.43. The Morgan fingerprint density at radius 1 is 1.12 bits per heavy atom. The maximum absolute atomic E-state index is 12.7. The molecule has 6 heteroatoms. The zero-order chi connectivity index (χ0) is 17.4. The molecule has 1 atom stereocenters. The molecule has 1 aromatic heterocycles. The third kappa shape index (κ3) is 3.46. The smallest absolute Gasteiger partial charge is 0.228 e. The average molecular weight is 345 g/mol. The summed E-state index contributed by atoms with van der Waals surface area (Å²) in [7, 11) is 2.09. The Balaban J connectivity index is 1.43. The van der Waals surface area contributed by atoms with Crippen LogP contribution < -0.4 is 0 Å². The normalized spacial score (nSPS) is 26.6. The average Bonchev–Trinajstić information content (AvgIpc) is 3.30. The lowest BCUT2D eigenvalue weighted by Crippen LogP contribution is -2.43. The molecule has 3 heterocycles. The molecule has 6 nitrogen and oxygen atoms in total. The lowest BCUT2D eigenvalue weighted by atomic mass is 9.95. The van der Waals surface area contributed by atoms with Crippen LogP contribution in [0.3, 0.4) is 0 Å². The molecule has 1 aromatic rings. The fraction of sp³-hybridized carbons (Fsp3) is 0.842. The van der Waals surface area contributed by atoms with Crippen molar-refractivity contribution >= 4 is 5.91 Å². The van der Waals surface area contributed by atoms with Crippen molar-refractivity contribution in [3.05, 3.63) is 11.6 Å². The fourth-order valence-corrected chi connectivity index (χ4v) is 4.34. The van der Waals surface area contributed by atoms with Crippen LogP contribution in [0, 0.1) is 5.41 Å². The highest BCUT2D eigenvalue weighted by atomic mass is 16.2. The Kier molecular flexibility index (Phi) is 4.56. The molecule has 0 bridgehead atoms. The minimum absolute atomic E-state index is 0.0683. The molecule has 1 aliphatic carbocycles. The second-order valence-corrected chi connectivity index (χ2v) is 8.52. The van der Waals surface area contributed by atoms with E-state index in [4.69, 9.17) is 0 Å². The second kappa shape index (κ2) is 6.71. The van der Waals surface area contributed by atoms with Gasteiger partial charge in [-0.3, -0.25) is 9.69 Å². The van der Waals surface area contributed by atoms with E-state index in [1.807, 2.05) is 0 Å².